The van der Waals surface area contributed by atoms with Gasteiger partial charge in [-0.2, -0.15) is 4.31 Å². The number of pyridine rings is 1. The van der Waals surface area contributed by atoms with Crippen molar-refractivity contribution < 1.29 is 36.0 Å². The van der Waals surface area contributed by atoms with Gasteiger partial charge in [-0.15, -0.1) is 0 Å². The molecule has 2 atom stereocenters. The fraction of sp³-hybridized carbons (Fsp3) is 0.385. The van der Waals surface area contributed by atoms with Gasteiger partial charge < -0.3 is 15.1 Å². The summed E-state index contributed by atoms with van der Waals surface area (Å²) in [4.78, 5) is 42.9. The van der Waals surface area contributed by atoms with Crippen LogP contribution in [-0.4, -0.2) is 60.5 Å². The SMILES string of the molecule is CC(C)CC(NC(=O)c1cc2cc(F)c(F)cc2o1)C(=O)N[C@H]1CCCN(S(=O)(=O)c2ccccn2)CC1=O. The molecule has 1 aliphatic heterocycles. The van der Waals surface area contributed by atoms with E-state index >= 15 is 0 Å². The number of nitrogens with one attached hydrogen (secondary N) is 2. The van der Waals surface area contributed by atoms with Gasteiger partial charge in [-0.1, -0.05) is 19.9 Å². The first kappa shape index (κ1) is 28.3. The molecule has 2 amide bonds. The first-order valence-electron chi connectivity index (χ1n) is 12.4. The van der Waals surface area contributed by atoms with Crippen molar-refractivity contribution in [2.45, 2.75) is 50.2 Å². The second kappa shape index (κ2) is 11.6. The quantitative estimate of drug-likeness (QED) is 0.431. The summed E-state index contributed by atoms with van der Waals surface area (Å²) in [6.07, 6.45) is 2.10. The molecule has 10 nitrogen and oxygen atoms in total. The minimum Gasteiger partial charge on any atom is -0.451 e. The third-order valence-corrected chi connectivity index (χ3v) is 8.05. The van der Waals surface area contributed by atoms with Crippen molar-refractivity contribution in [3.8, 4) is 0 Å². The minimum atomic E-state index is -3.99. The molecule has 0 radical (unpaired) electrons. The first-order valence-corrected chi connectivity index (χ1v) is 13.8. The zero-order chi connectivity index (χ0) is 28.3. The summed E-state index contributed by atoms with van der Waals surface area (Å²) >= 11 is 0. The van der Waals surface area contributed by atoms with Crippen LogP contribution in [0.5, 0.6) is 0 Å². The monoisotopic (exact) mass is 562 g/mol. The Kier molecular flexibility index (Phi) is 8.40. The highest BCUT2D eigenvalue weighted by atomic mass is 32.2. The Bertz CT molecular complexity index is 1450. The number of Topliss-reactive ketones (excluding diaryl/α,β-unsaturated/α-hetero) is 1. The van der Waals surface area contributed by atoms with Crippen LogP contribution in [0.2, 0.25) is 0 Å². The summed E-state index contributed by atoms with van der Waals surface area (Å²) in [6.45, 7) is 3.33. The number of furan rings is 1. The molecule has 4 rings (SSSR count). The first-order chi connectivity index (χ1) is 18.5. The Labute approximate surface area is 223 Å². The van der Waals surface area contributed by atoms with Gasteiger partial charge in [-0.3, -0.25) is 14.4 Å². The number of fused-ring (bicyclic) bond motifs is 1. The third-order valence-electron chi connectivity index (χ3n) is 6.29. The maximum atomic E-state index is 13.5. The predicted octanol–water partition coefficient (Wildman–Crippen LogP) is 2.79. The predicted molar refractivity (Wildman–Crippen MR) is 136 cm³/mol. The highest BCUT2D eigenvalue weighted by Gasteiger charge is 2.35. The van der Waals surface area contributed by atoms with Gasteiger partial charge in [0.1, 0.15) is 11.6 Å². The van der Waals surface area contributed by atoms with Gasteiger partial charge in [-0.25, -0.2) is 22.2 Å². The molecule has 13 heteroatoms. The van der Waals surface area contributed by atoms with Gasteiger partial charge in [0.2, 0.25) is 5.91 Å². The molecule has 3 heterocycles. The number of carbonyl (C=O) groups is 3. The van der Waals surface area contributed by atoms with Crippen LogP contribution in [0.25, 0.3) is 11.0 Å². The Morgan fingerprint density at radius 3 is 2.62 bits per heavy atom. The molecule has 1 unspecified atom stereocenters. The summed E-state index contributed by atoms with van der Waals surface area (Å²) in [7, 11) is -3.99. The molecule has 1 saturated heterocycles. The highest BCUT2D eigenvalue weighted by Crippen LogP contribution is 2.23. The number of sulfonamides is 1. The zero-order valence-corrected chi connectivity index (χ0v) is 22.1. The molecular weight excluding hydrogens is 534 g/mol. The van der Waals surface area contributed by atoms with Crippen molar-refractivity contribution in [2.24, 2.45) is 5.92 Å². The highest BCUT2D eigenvalue weighted by molar-refractivity contribution is 7.89. The van der Waals surface area contributed by atoms with Crippen LogP contribution in [0.4, 0.5) is 8.78 Å². The molecule has 2 aromatic heterocycles. The maximum Gasteiger partial charge on any atom is 0.287 e. The number of halogens is 2. The van der Waals surface area contributed by atoms with E-state index in [0.717, 1.165) is 16.4 Å². The molecule has 3 aromatic rings. The van der Waals surface area contributed by atoms with E-state index in [1.54, 1.807) is 6.07 Å². The molecule has 0 saturated carbocycles. The van der Waals surface area contributed by atoms with Gasteiger partial charge in [0.15, 0.2) is 28.2 Å². The van der Waals surface area contributed by atoms with E-state index in [0.29, 0.717) is 6.42 Å². The van der Waals surface area contributed by atoms with Crippen LogP contribution in [0.15, 0.2) is 52.0 Å². The zero-order valence-electron chi connectivity index (χ0n) is 21.3. The second-order valence-corrected chi connectivity index (χ2v) is 11.6. The lowest BCUT2D eigenvalue weighted by molar-refractivity contribution is -0.129. The van der Waals surface area contributed by atoms with Gasteiger partial charge in [0, 0.05) is 24.2 Å². The number of hydrogen-bond donors (Lipinski definition) is 2. The lowest BCUT2D eigenvalue weighted by Crippen LogP contribution is -2.52. The van der Waals surface area contributed by atoms with E-state index in [-0.39, 0.29) is 47.1 Å². The van der Waals surface area contributed by atoms with E-state index in [1.165, 1.54) is 24.4 Å². The molecule has 39 heavy (non-hydrogen) atoms. The molecule has 1 fully saturated rings. The summed E-state index contributed by atoms with van der Waals surface area (Å²) in [6, 6.07) is 5.42. The summed E-state index contributed by atoms with van der Waals surface area (Å²) in [5.41, 5.74) is -0.0295. The average molecular weight is 563 g/mol. The lowest BCUT2D eigenvalue weighted by atomic mass is 10.0. The number of carbonyl (C=O) groups excluding carboxylic acids is 3. The largest absolute Gasteiger partial charge is 0.451 e. The molecule has 0 spiro atoms. The lowest BCUT2D eigenvalue weighted by Gasteiger charge is -2.23. The van der Waals surface area contributed by atoms with Crippen molar-refractivity contribution in [1.82, 2.24) is 19.9 Å². The van der Waals surface area contributed by atoms with E-state index < -0.39 is 57.9 Å². The van der Waals surface area contributed by atoms with Crippen molar-refractivity contribution in [3.05, 3.63) is 60.0 Å². The number of benzene rings is 1. The Balaban J connectivity index is 1.45. The van der Waals surface area contributed by atoms with Crippen LogP contribution >= 0.6 is 0 Å². The number of amides is 2. The number of rotatable bonds is 8. The summed E-state index contributed by atoms with van der Waals surface area (Å²) < 4.78 is 59.3. The van der Waals surface area contributed by atoms with Crippen LogP contribution in [0.3, 0.4) is 0 Å². The third kappa shape index (κ3) is 6.48. The van der Waals surface area contributed by atoms with E-state index in [2.05, 4.69) is 15.6 Å². The average Bonchev–Trinajstić information content (AvgIpc) is 3.20. The molecule has 2 N–H and O–H groups in total. The number of aromatic nitrogens is 1. The minimum absolute atomic E-state index is 0.0243. The second-order valence-electron chi connectivity index (χ2n) is 9.75. The Morgan fingerprint density at radius 1 is 1.18 bits per heavy atom. The fourth-order valence-electron chi connectivity index (χ4n) is 4.34. The van der Waals surface area contributed by atoms with Crippen molar-refractivity contribution in [1.29, 1.82) is 0 Å². The molecule has 0 bridgehead atoms. The smallest absolute Gasteiger partial charge is 0.287 e. The van der Waals surface area contributed by atoms with Gasteiger partial charge >= 0.3 is 0 Å². The molecule has 1 aliphatic rings. The van der Waals surface area contributed by atoms with E-state index in [1.807, 2.05) is 13.8 Å². The van der Waals surface area contributed by atoms with Gasteiger partial charge in [0.05, 0.1) is 12.6 Å². The van der Waals surface area contributed by atoms with E-state index in [9.17, 15) is 31.6 Å². The van der Waals surface area contributed by atoms with Gasteiger partial charge in [0.25, 0.3) is 15.9 Å². The molecular formula is C26H28F2N4O6S. The van der Waals surface area contributed by atoms with Crippen molar-refractivity contribution >= 4 is 38.6 Å². The topological polar surface area (TPSA) is 139 Å². The van der Waals surface area contributed by atoms with Crippen LogP contribution < -0.4 is 10.6 Å². The molecule has 0 aliphatic carbocycles. The van der Waals surface area contributed by atoms with Crippen LogP contribution in [-0.2, 0) is 19.6 Å². The standard InChI is InChI=1S/C26H28F2N4O6S/c1-15(2)10-20(31-26(35)23-12-16-11-17(27)18(28)13-22(16)38-23)25(34)30-19-6-5-9-32(14-21(19)33)39(36,37)24-7-3-4-8-29-24/h3-4,7-8,11-13,15,19-20H,5-6,9-10,14H2,1-2H3,(H,30,34)(H,31,35)/t19-,20?/m0/s1. The molecule has 208 valence electrons. The normalized spacial score (nSPS) is 17.7. The van der Waals surface area contributed by atoms with Crippen LogP contribution in [0.1, 0.15) is 43.7 Å². The van der Waals surface area contributed by atoms with Crippen molar-refractivity contribution in [2.75, 3.05) is 13.1 Å². The van der Waals surface area contributed by atoms with Gasteiger partial charge in [-0.05, 0) is 49.4 Å². The molecule has 1 aromatic carbocycles. The van der Waals surface area contributed by atoms with E-state index in [4.69, 9.17) is 4.42 Å². The summed E-state index contributed by atoms with van der Waals surface area (Å²) in [5, 5.41) is 5.23. The fourth-order valence-corrected chi connectivity index (χ4v) is 5.71. The van der Waals surface area contributed by atoms with Crippen molar-refractivity contribution in [3.63, 3.8) is 0 Å². The number of ketones is 1. The van der Waals surface area contributed by atoms with Crippen LogP contribution in [0, 0.1) is 17.6 Å². The number of hydrogen-bond acceptors (Lipinski definition) is 7. The summed E-state index contributed by atoms with van der Waals surface area (Å²) in [5.74, 6) is -4.36. The maximum absolute atomic E-state index is 13.5. The number of nitrogens with zero attached hydrogens (tertiary/aromatic N) is 2. The Morgan fingerprint density at radius 2 is 1.92 bits per heavy atom. The Hall–Kier alpha value is -3.71.